The minimum atomic E-state index is -1.02. The number of carbonyl (C=O) groups is 1. The summed E-state index contributed by atoms with van der Waals surface area (Å²) in [5, 5.41) is 9.02. The Morgan fingerprint density at radius 3 is 2.75 bits per heavy atom. The third kappa shape index (κ3) is 2.53. The topological polar surface area (TPSA) is 75.8 Å². The molecule has 5 nitrogen and oxygen atoms in total. The van der Waals surface area contributed by atoms with Gasteiger partial charge in [-0.1, -0.05) is 0 Å². The van der Waals surface area contributed by atoms with E-state index in [9.17, 15) is 4.79 Å². The number of nitrogens with zero attached hydrogens (tertiary/aromatic N) is 1. The zero-order valence-corrected chi connectivity index (χ0v) is 9.52. The van der Waals surface area contributed by atoms with Gasteiger partial charge in [0, 0.05) is 32.8 Å². The molecule has 16 heavy (non-hydrogen) atoms. The molecule has 0 aromatic carbocycles. The van der Waals surface area contributed by atoms with Crippen LogP contribution in [-0.4, -0.2) is 54.4 Å². The largest absolute Gasteiger partial charge is 0.480 e. The molecular weight excluding hydrogens is 208 g/mol. The molecule has 2 aliphatic rings. The second-order valence-electron chi connectivity index (χ2n) is 5.00. The van der Waals surface area contributed by atoms with Crippen molar-refractivity contribution in [2.75, 3.05) is 32.8 Å². The number of likely N-dealkylation sites (tertiary alicyclic amines) is 1. The van der Waals surface area contributed by atoms with E-state index in [1.165, 1.54) is 0 Å². The lowest BCUT2D eigenvalue weighted by molar-refractivity contribution is -0.142. The Morgan fingerprint density at radius 2 is 2.19 bits per heavy atom. The Morgan fingerprint density at radius 1 is 1.50 bits per heavy atom. The van der Waals surface area contributed by atoms with Crippen molar-refractivity contribution in [3.8, 4) is 0 Å². The van der Waals surface area contributed by atoms with Gasteiger partial charge in [-0.15, -0.1) is 0 Å². The number of ether oxygens (including phenoxy) is 1. The van der Waals surface area contributed by atoms with Crippen LogP contribution in [0.2, 0.25) is 0 Å². The lowest BCUT2D eigenvalue weighted by Crippen LogP contribution is -2.50. The molecule has 2 aliphatic heterocycles. The fraction of sp³-hybridized carbons (Fsp3) is 0.909. The summed E-state index contributed by atoms with van der Waals surface area (Å²) in [6.45, 7) is 3.94. The van der Waals surface area contributed by atoms with Crippen molar-refractivity contribution >= 4 is 5.97 Å². The van der Waals surface area contributed by atoms with Crippen LogP contribution in [0.15, 0.2) is 0 Å². The highest BCUT2D eigenvalue weighted by Gasteiger charge is 2.41. The van der Waals surface area contributed by atoms with E-state index >= 15 is 0 Å². The number of rotatable bonds is 3. The molecule has 2 saturated heterocycles. The lowest BCUT2D eigenvalue weighted by Gasteiger charge is -2.27. The molecule has 5 heteroatoms. The Labute approximate surface area is 95.5 Å². The van der Waals surface area contributed by atoms with Gasteiger partial charge >= 0.3 is 5.97 Å². The second-order valence-corrected chi connectivity index (χ2v) is 5.00. The van der Waals surface area contributed by atoms with Gasteiger partial charge in [0.05, 0.1) is 0 Å². The maximum Gasteiger partial charge on any atom is 0.325 e. The number of aliphatic carboxylic acids is 1. The third-order valence-electron chi connectivity index (χ3n) is 3.66. The average molecular weight is 228 g/mol. The van der Waals surface area contributed by atoms with Gasteiger partial charge in [0.15, 0.2) is 0 Å². The minimum Gasteiger partial charge on any atom is -0.480 e. The molecule has 2 heterocycles. The Bertz CT molecular complexity index is 266. The molecule has 0 aliphatic carbocycles. The first-order valence-corrected chi connectivity index (χ1v) is 5.92. The molecule has 0 saturated carbocycles. The summed E-state index contributed by atoms with van der Waals surface area (Å²) in [5.74, 6) is -0.230. The van der Waals surface area contributed by atoms with Crippen molar-refractivity contribution in [1.82, 2.24) is 4.90 Å². The molecule has 1 atom stereocenters. The zero-order chi connectivity index (χ0) is 11.6. The van der Waals surface area contributed by atoms with Crippen LogP contribution in [-0.2, 0) is 9.53 Å². The smallest absolute Gasteiger partial charge is 0.325 e. The molecule has 0 aromatic rings. The van der Waals surface area contributed by atoms with Gasteiger partial charge < -0.3 is 20.5 Å². The summed E-state index contributed by atoms with van der Waals surface area (Å²) in [6.07, 6.45) is 2.73. The minimum absolute atomic E-state index is 0.486. The highest BCUT2D eigenvalue weighted by atomic mass is 16.5. The lowest BCUT2D eigenvalue weighted by atomic mass is 9.99. The highest BCUT2D eigenvalue weighted by molar-refractivity contribution is 5.79. The molecule has 2 rings (SSSR count). The summed E-state index contributed by atoms with van der Waals surface area (Å²) >= 11 is 0. The van der Waals surface area contributed by atoms with Crippen molar-refractivity contribution in [1.29, 1.82) is 0 Å². The number of carboxylic acid groups (broad SMARTS) is 1. The van der Waals surface area contributed by atoms with Crippen LogP contribution in [0.3, 0.4) is 0 Å². The predicted octanol–water partition coefficient (Wildman–Crippen LogP) is -0.0992. The molecule has 92 valence electrons. The van der Waals surface area contributed by atoms with Crippen LogP contribution >= 0.6 is 0 Å². The van der Waals surface area contributed by atoms with Gasteiger partial charge in [-0.3, -0.25) is 4.79 Å². The van der Waals surface area contributed by atoms with Gasteiger partial charge in [-0.2, -0.15) is 0 Å². The first-order chi connectivity index (χ1) is 7.60. The molecule has 0 amide bonds. The third-order valence-corrected chi connectivity index (χ3v) is 3.66. The van der Waals surface area contributed by atoms with E-state index in [0.29, 0.717) is 18.9 Å². The highest BCUT2D eigenvalue weighted by Crippen LogP contribution is 2.23. The second kappa shape index (κ2) is 4.69. The average Bonchev–Trinajstić information content (AvgIpc) is 2.63. The van der Waals surface area contributed by atoms with Crippen molar-refractivity contribution < 1.29 is 14.6 Å². The SMILES string of the molecule is NC1(C(=O)O)CCN(CC2CCOCC2)C1. The number of hydrogen-bond donors (Lipinski definition) is 2. The predicted molar refractivity (Wildman–Crippen MR) is 59.2 cm³/mol. The van der Waals surface area contributed by atoms with Crippen LogP contribution in [0, 0.1) is 5.92 Å². The maximum absolute atomic E-state index is 11.0. The molecule has 0 radical (unpaired) electrons. The molecule has 1 unspecified atom stereocenters. The Balaban J connectivity index is 1.82. The number of hydrogen-bond acceptors (Lipinski definition) is 4. The van der Waals surface area contributed by atoms with Gasteiger partial charge in [-0.25, -0.2) is 0 Å². The van der Waals surface area contributed by atoms with E-state index in [4.69, 9.17) is 15.6 Å². The first-order valence-electron chi connectivity index (χ1n) is 5.92. The van der Waals surface area contributed by atoms with Gasteiger partial charge in [-0.05, 0) is 25.2 Å². The summed E-state index contributed by atoms with van der Waals surface area (Å²) in [7, 11) is 0. The van der Waals surface area contributed by atoms with E-state index in [0.717, 1.165) is 39.1 Å². The van der Waals surface area contributed by atoms with Crippen LogP contribution < -0.4 is 5.73 Å². The first kappa shape index (κ1) is 11.8. The summed E-state index contributed by atoms with van der Waals surface area (Å²) in [5.41, 5.74) is 4.81. The van der Waals surface area contributed by atoms with Crippen LogP contribution in [0.4, 0.5) is 0 Å². The Hall–Kier alpha value is -0.650. The van der Waals surface area contributed by atoms with Crippen molar-refractivity contribution in [3.05, 3.63) is 0 Å². The van der Waals surface area contributed by atoms with E-state index in [2.05, 4.69) is 4.90 Å². The molecular formula is C11H20N2O3. The van der Waals surface area contributed by atoms with Gasteiger partial charge in [0.25, 0.3) is 0 Å². The van der Waals surface area contributed by atoms with E-state index in [1.54, 1.807) is 0 Å². The van der Waals surface area contributed by atoms with Crippen LogP contribution in [0.25, 0.3) is 0 Å². The summed E-state index contributed by atoms with van der Waals surface area (Å²) < 4.78 is 5.31. The normalized spacial score (nSPS) is 33.1. The van der Waals surface area contributed by atoms with E-state index < -0.39 is 11.5 Å². The van der Waals surface area contributed by atoms with Gasteiger partial charge in [0.1, 0.15) is 5.54 Å². The zero-order valence-electron chi connectivity index (χ0n) is 9.52. The molecule has 2 fully saturated rings. The standard InChI is InChI=1S/C11H20N2O3/c12-11(10(14)15)3-4-13(8-11)7-9-1-5-16-6-2-9/h9H,1-8,12H2,(H,14,15). The van der Waals surface area contributed by atoms with Crippen LogP contribution in [0.5, 0.6) is 0 Å². The van der Waals surface area contributed by atoms with Crippen molar-refractivity contribution in [2.24, 2.45) is 11.7 Å². The van der Waals surface area contributed by atoms with E-state index in [-0.39, 0.29) is 0 Å². The Kier molecular flexibility index (Phi) is 3.47. The molecule has 0 bridgehead atoms. The van der Waals surface area contributed by atoms with Crippen LogP contribution in [0.1, 0.15) is 19.3 Å². The number of carboxylic acids is 1. The summed E-state index contributed by atoms with van der Waals surface area (Å²) in [4.78, 5) is 13.2. The van der Waals surface area contributed by atoms with Gasteiger partial charge in [0.2, 0.25) is 0 Å². The molecule has 3 N–H and O–H groups in total. The van der Waals surface area contributed by atoms with E-state index in [1.807, 2.05) is 0 Å². The number of nitrogens with two attached hydrogens (primary N) is 1. The maximum atomic E-state index is 11.0. The molecule has 0 aromatic heterocycles. The fourth-order valence-corrected chi connectivity index (χ4v) is 2.54. The summed E-state index contributed by atoms with van der Waals surface area (Å²) in [6, 6.07) is 0. The van der Waals surface area contributed by atoms with Crippen molar-refractivity contribution in [2.45, 2.75) is 24.8 Å². The fourth-order valence-electron chi connectivity index (χ4n) is 2.54. The quantitative estimate of drug-likeness (QED) is 0.705. The van der Waals surface area contributed by atoms with Crippen molar-refractivity contribution in [3.63, 3.8) is 0 Å². The monoisotopic (exact) mass is 228 g/mol. The molecule has 0 spiro atoms.